The van der Waals surface area contributed by atoms with Crippen LogP contribution in [-0.2, 0) is 19.9 Å². The second kappa shape index (κ2) is 5.80. The number of nitrogens with two attached hydrogens (primary N) is 1. The first-order valence-electron chi connectivity index (χ1n) is 7.86. The molecule has 0 radical (unpaired) electrons. The zero-order valence-corrected chi connectivity index (χ0v) is 12.9. The van der Waals surface area contributed by atoms with Crippen molar-refractivity contribution in [2.24, 2.45) is 7.05 Å². The van der Waals surface area contributed by atoms with Crippen molar-refractivity contribution in [3.63, 3.8) is 0 Å². The predicted octanol–water partition coefficient (Wildman–Crippen LogP) is 3.44. The van der Waals surface area contributed by atoms with Gasteiger partial charge in [0.15, 0.2) is 0 Å². The maximum absolute atomic E-state index is 6.28. The average Bonchev–Trinajstić information content (AvgIpc) is 2.76. The van der Waals surface area contributed by atoms with Gasteiger partial charge < -0.3 is 11.1 Å². The Kier molecular flexibility index (Phi) is 3.86. The largest absolute Gasteiger partial charge is 0.394 e. The molecular formula is C17H24N4. The highest BCUT2D eigenvalue weighted by Crippen LogP contribution is 2.34. The van der Waals surface area contributed by atoms with Crippen LogP contribution in [0.3, 0.4) is 0 Å². The number of anilines is 2. The first kappa shape index (κ1) is 14.0. The SMILES string of the molecule is CCCc1nn(C)c(NC2CCCc3ccccc32)c1N. The third-order valence-electron chi connectivity index (χ3n) is 4.33. The van der Waals surface area contributed by atoms with E-state index in [-0.39, 0.29) is 0 Å². The Hall–Kier alpha value is -1.97. The summed E-state index contributed by atoms with van der Waals surface area (Å²) in [5.41, 5.74) is 11.0. The third kappa shape index (κ3) is 2.62. The van der Waals surface area contributed by atoms with Crippen LogP contribution in [0.25, 0.3) is 0 Å². The highest BCUT2D eigenvalue weighted by molar-refractivity contribution is 5.66. The van der Waals surface area contributed by atoms with E-state index < -0.39 is 0 Å². The number of hydrogen-bond donors (Lipinski definition) is 2. The van der Waals surface area contributed by atoms with E-state index in [2.05, 4.69) is 41.6 Å². The van der Waals surface area contributed by atoms with Gasteiger partial charge in [0.25, 0.3) is 0 Å². The lowest BCUT2D eigenvalue weighted by Gasteiger charge is -2.27. The van der Waals surface area contributed by atoms with Crippen LogP contribution < -0.4 is 11.1 Å². The van der Waals surface area contributed by atoms with E-state index in [1.807, 2.05) is 11.7 Å². The van der Waals surface area contributed by atoms with Crippen LogP contribution in [0.15, 0.2) is 24.3 Å². The van der Waals surface area contributed by atoms with Crippen molar-refractivity contribution in [3.8, 4) is 0 Å². The van der Waals surface area contributed by atoms with Crippen molar-refractivity contribution >= 4 is 11.5 Å². The molecule has 4 heteroatoms. The molecule has 1 heterocycles. The molecule has 0 saturated carbocycles. The smallest absolute Gasteiger partial charge is 0.148 e. The molecule has 3 N–H and O–H groups in total. The highest BCUT2D eigenvalue weighted by atomic mass is 15.3. The van der Waals surface area contributed by atoms with Gasteiger partial charge >= 0.3 is 0 Å². The molecule has 4 nitrogen and oxygen atoms in total. The molecule has 3 rings (SSSR count). The molecule has 1 atom stereocenters. The van der Waals surface area contributed by atoms with E-state index in [0.717, 1.165) is 36.5 Å². The minimum absolute atomic E-state index is 0.335. The maximum Gasteiger partial charge on any atom is 0.148 e. The fourth-order valence-electron chi connectivity index (χ4n) is 3.26. The molecule has 0 saturated heterocycles. The summed E-state index contributed by atoms with van der Waals surface area (Å²) in [4.78, 5) is 0. The van der Waals surface area contributed by atoms with Crippen molar-refractivity contribution in [3.05, 3.63) is 41.1 Å². The summed E-state index contributed by atoms with van der Waals surface area (Å²) in [5, 5.41) is 8.18. The first-order valence-corrected chi connectivity index (χ1v) is 7.86. The summed E-state index contributed by atoms with van der Waals surface area (Å²) in [7, 11) is 1.96. The predicted molar refractivity (Wildman–Crippen MR) is 87.4 cm³/mol. The quantitative estimate of drug-likeness (QED) is 0.904. The first-order chi connectivity index (χ1) is 10.2. The number of hydrogen-bond acceptors (Lipinski definition) is 3. The molecule has 0 amide bonds. The number of nitrogens with one attached hydrogen (secondary N) is 1. The number of rotatable bonds is 4. The van der Waals surface area contributed by atoms with E-state index in [1.54, 1.807) is 0 Å². The van der Waals surface area contributed by atoms with E-state index in [1.165, 1.54) is 24.0 Å². The fourth-order valence-corrected chi connectivity index (χ4v) is 3.26. The highest BCUT2D eigenvalue weighted by Gasteiger charge is 2.22. The van der Waals surface area contributed by atoms with Crippen molar-refractivity contribution in [1.82, 2.24) is 9.78 Å². The van der Waals surface area contributed by atoms with Gasteiger partial charge in [-0.1, -0.05) is 37.6 Å². The molecule has 21 heavy (non-hydrogen) atoms. The Bertz CT molecular complexity index is 630. The second-order valence-corrected chi connectivity index (χ2v) is 5.87. The Balaban J connectivity index is 1.88. The lowest BCUT2D eigenvalue weighted by atomic mass is 9.88. The van der Waals surface area contributed by atoms with Crippen molar-refractivity contribution in [2.45, 2.75) is 45.1 Å². The standard InChI is InChI=1S/C17H24N4/c1-3-7-15-16(18)17(21(2)20-15)19-14-11-6-9-12-8-4-5-10-13(12)14/h4-5,8,10,14,19H,3,6-7,9,11,18H2,1-2H3. The van der Waals surface area contributed by atoms with E-state index in [0.29, 0.717) is 6.04 Å². The minimum Gasteiger partial charge on any atom is -0.394 e. The minimum atomic E-state index is 0.335. The van der Waals surface area contributed by atoms with Crippen molar-refractivity contribution in [2.75, 3.05) is 11.1 Å². The zero-order valence-electron chi connectivity index (χ0n) is 12.9. The molecule has 0 bridgehead atoms. The van der Waals surface area contributed by atoms with Crippen LogP contribution in [0.5, 0.6) is 0 Å². The molecule has 1 aliphatic rings. The number of nitrogen functional groups attached to an aromatic ring is 1. The van der Waals surface area contributed by atoms with E-state index >= 15 is 0 Å². The summed E-state index contributed by atoms with van der Waals surface area (Å²) >= 11 is 0. The Morgan fingerprint density at radius 3 is 3.00 bits per heavy atom. The Morgan fingerprint density at radius 2 is 2.19 bits per heavy atom. The van der Waals surface area contributed by atoms with Gasteiger partial charge in [0, 0.05) is 7.05 Å². The van der Waals surface area contributed by atoms with Crippen LogP contribution in [0, 0.1) is 0 Å². The molecule has 0 fully saturated rings. The van der Waals surface area contributed by atoms with Crippen LogP contribution in [0.4, 0.5) is 11.5 Å². The number of nitrogens with zero attached hydrogens (tertiary/aromatic N) is 2. The Morgan fingerprint density at radius 1 is 1.38 bits per heavy atom. The summed E-state index contributed by atoms with van der Waals surface area (Å²) in [6, 6.07) is 9.04. The molecule has 0 aliphatic heterocycles. The fraction of sp³-hybridized carbons (Fsp3) is 0.471. The second-order valence-electron chi connectivity index (χ2n) is 5.87. The average molecular weight is 284 g/mol. The van der Waals surface area contributed by atoms with Gasteiger partial charge in [-0.15, -0.1) is 0 Å². The summed E-state index contributed by atoms with van der Waals surface area (Å²) in [5.74, 6) is 0.958. The van der Waals surface area contributed by atoms with Gasteiger partial charge in [0.2, 0.25) is 0 Å². The molecule has 0 spiro atoms. The normalized spacial score (nSPS) is 17.5. The molecule has 1 unspecified atom stereocenters. The van der Waals surface area contributed by atoms with Gasteiger partial charge in [0.1, 0.15) is 5.82 Å². The summed E-state index contributed by atoms with van der Waals surface area (Å²) < 4.78 is 1.89. The van der Waals surface area contributed by atoms with Gasteiger partial charge in [0.05, 0.1) is 17.4 Å². The van der Waals surface area contributed by atoms with Crippen molar-refractivity contribution < 1.29 is 0 Å². The lowest BCUT2D eigenvalue weighted by molar-refractivity contribution is 0.592. The lowest BCUT2D eigenvalue weighted by Crippen LogP contribution is -2.19. The van der Waals surface area contributed by atoms with Crippen LogP contribution in [-0.4, -0.2) is 9.78 Å². The van der Waals surface area contributed by atoms with Crippen LogP contribution in [0.1, 0.15) is 49.0 Å². The van der Waals surface area contributed by atoms with Gasteiger partial charge in [-0.25, -0.2) is 0 Å². The number of benzene rings is 1. The molecule has 2 aromatic rings. The van der Waals surface area contributed by atoms with E-state index in [9.17, 15) is 0 Å². The summed E-state index contributed by atoms with van der Waals surface area (Å²) in [6.45, 7) is 2.15. The van der Waals surface area contributed by atoms with Gasteiger partial charge in [-0.3, -0.25) is 4.68 Å². The number of aryl methyl sites for hydroxylation is 3. The molecule has 1 aromatic carbocycles. The van der Waals surface area contributed by atoms with E-state index in [4.69, 9.17) is 5.73 Å². The number of fused-ring (bicyclic) bond motifs is 1. The maximum atomic E-state index is 6.28. The van der Waals surface area contributed by atoms with Gasteiger partial charge in [-0.05, 0) is 36.8 Å². The monoisotopic (exact) mass is 284 g/mol. The Labute approximate surface area is 126 Å². The van der Waals surface area contributed by atoms with Crippen LogP contribution in [0.2, 0.25) is 0 Å². The molecular weight excluding hydrogens is 260 g/mol. The van der Waals surface area contributed by atoms with Gasteiger partial charge in [-0.2, -0.15) is 5.10 Å². The third-order valence-corrected chi connectivity index (χ3v) is 4.33. The summed E-state index contributed by atoms with van der Waals surface area (Å²) in [6.07, 6.45) is 5.53. The van der Waals surface area contributed by atoms with Crippen molar-refractivity contribution in [1.29, 1.82) is 0 Å². The number of aromatic nitrogens is 2. The molecule has 1 aliphatic carbocycles. The topological polar surface area (TPSA) is 55.9 Å². The molecule has 112 valence electrons. The van der Waals surface area contributed by atoms with Crippen LogP contribution >= 0.6 is 0 Å². The molecule has 1 aromatic heterocycles. The zero-order chi connectivity index (χ0) is 14.8.